The van der Waals surface area contributed by atoms with Crippen LogP contribution in [0.1, 0.15) is 5.56 Å². The Morgan fingerprint density at radius 3 is 2.71 bits per heavy atom. The number of imide groups is 1. The molecular weight excluding hydrogens is 310 g/mol. The number of carbonyl (C=O) groups excluding carboxylic acids is 2. The summed E-state index contributed by atoms with van der Waals surface area (Å²) in [6.45, 7) is 2.87. The molecule has 0 unspecified atom stereocenters. The monoisotopic (exact) mass is 327 g/mol. The number of hydrogen-bond acceptors (Lipinski definition) is 5. The first-order valence-corrected chi connectivity index (χ1v) is 8.17. The Morgan fingerprint density at radius 1 is 1.17 bits per heavy atom. The molecule has 0 N–H and O–H groups in total. The van der Waals surface area contributed by atoms with Crippen molar-refractivity contribution in [3.63, 3.8) is 0 Å². The molecule has 1 aromatic rings. The number of hydrogen-bond donors (Lipinski definition) is 0. The van der Waals surface area contributed by atoms with Crippen LogP contribution in [0, 0.1) is 18.8 Å². The van der Waals surface area contributed by atoms with E-state index in [9.17, 15) is 9.59 Å². The van der Waals surface area contributed by atoms with Crippen LogP contribution in [-0.4, -0.2) is 43.0 Å². The average molecular weight is 327 g/mol. The van der Waals surface area contributed by atoms with Crippen molar-refractivity contribution in [1.82, 2.24) is 0 Å². The van der Waals surface area contributed by atoms with Gasteiger partial charge in [-0.3, -0.25) is 9.59 Å². The molecule has 0 aromatic heterocycles. The van der Waals surface area contributed by atoms with Gasteiger partial charge in [-0.1, -0.05) is 18.2 Å². The fourth-order valence-corrected chi connectivity index (χ4v) is 4.35. The van der Waals surface area contributed by atoms with Gasteiger partial charge in [0.2, 0.25) is 11.8 Å². The Bertz CT molecular complexity index is 768. The highest BCUT2D eigenvalue weighted by Crippen LogP contribution is 2.55. The fraction of sp³-hybridized carbons (Fsp3) is 0.444. The molecule has 24 heavy (non-hydrogen) atoms. The van der Waals surface area contributed by atoms with E-state index in [-0.39, 0.29) is 11.8 Å². The first-order valence-electron chi connectivity index (χ1n) is 8.17. The number of amides is 2. The second-order valence-electron chi connectivity index (χ2n) is 6.72. The Kier molecular flexibility index (Phi) is 2.84. The van der Waals surface area contributed by atoms with E-state index in [0.717, 1.165) is 5.56 Å². The zero-order valence-electron chi connectivity index (χ0n) is 13.2. The summed E-state index contributed by atoms with van der Waals surface area (Å²) in [5.74, 6) is -1.54. The van der Waals surface area contributed by atoms with Crippen molar-refractivity contribution >= 4 is 17.5 Å². The second-order valence-corrected chi connectivity index (χ2v) is 6.72. The van der Waals surface area contributed by atoms with E-state index < -0.39 is 29.8 Å². The Hall–Kier alpha value is -2.02. The summed E-state index contributed by atoms with van der Waals surface area (Å²) in [6, 6.07) is 7.42. The summed E-state index contributed by atoms with van der Waals surface area (Å²) < 4.78 is 17.3. The normalized spacial score (nSPS) is 37.7. The Balaban J connectivity index is 1.57. The molecule has 3 saturated heterocycles. The lowest BCUT2D eigenvalue weighted by atomic mass is 9.76. The maximum absolute atomic E-state index is 13.1. The summed E-state index contributed by atoms with van der Waals surface area (Å²) >= 11 is 0. The number of rotatable bonds is 2. The molecule has 3 fully saturated rings. The molecule has 1 aromatic carbocycles. The fourth-order valence-electron chi connectivity index (χ4n) is 4.35. The number of anilines is 1. The van der Waals surface area contributed by atoms with Crippen molar-refractivity contribution in [2.24, 2.45) is 11.8 Å². The van der Waals surface area contributed by atoms with Crippen LogP contribution in [0.4, 0.5) is 5.69 Å². The molecule has 2 bridgehead atoms. The van der Waals surface area contributed by atoms with Gasteiger partial charge < -0.3 is 14.2 Å². The first-order chi connectivity index (χ1) is 11.6. The van der Waals surface area contributed by atoms with E-state index in [4.69, 9.17) is 14.2 Å². The first kappa shape index (κ1) is 14.3. The van der Waals surface area contributed by atoms with Crippen LogP contribution in [0.2, 0.25) is 0 Å². The van der Waals surface area contributed by atoms with Crippen LogP contribution in [0.25, 0.3) is 0 Å². The van der Waals surface area contributed by atoms with Gasteiger partial charge in [0, 0.05) is 0 Å². The number of benzene rings is 1. The molecule has 0 aliphatic carbocycles. The minimum absolute atomic E-state index is 0.204. The zero-order chi connectivity index (χ0) is 16.5. The molecule has 4 aliphatic rings. The average Bonchev–Trinajstić information content (AvgIpc) is 3.31. The summed E-state index contributed by atoms with van der Waals surface area (Å²) in [5, 5.41) is 0. The van der Waals surface area contributed by atoms with Gasteiger partial charge in [-0.2, -0.15) is 0 Å². The molecule has 4 atom stereocenters. The molecule has 124 valence electrons. The predicted molar refractivity (Wildman–Crippen MR) is 83.1 cm³/mol. The molecular formula is C18H17NO5. The lowest BCUT2D eigenvalue weighted by molar-refractivity contribution is -0.180. The molecule has 2 amide bonds. The summed E-state index contributed by atoms with van der Waals surface area (Å²) in [6.07, 6.45) is 2.67. The van der Waals surface area contributed by atoms with Crippen molar-refractivity contribution in [1.29, 1.82) is 0 Å². The van der Waals surface area contributed by atoms with Gasteiger partial charge in [0.15, 0.2) is 11.9 Å². The zero-order valence-corrected chi connectivity index (χ0v) is 13.2. The van der Waals surface area contributed by atoms with Gasteiger partial charge in [0.05, 0.1) is 36.8 Å². The van der Waals surface area contributed by atoms with Crippen LogP contribution in [0.5, 0.6) is 0 Å². The highest BCUT2D eigenvalue weighted by Gasteiger charge is 2.71. The molecule has 5 rings (SSSR count). The number of ether oxygens (including phenoxy) is 3. The summed E-state index contributed by atoms with van der Waals surface area (Å²) in [5.41, 5.74) is 0.624. The smallest absolute Gasteiger partial charge is 0.241 e. The maximum Gasteiger partial charge on any atom is 0.241 e. The quantitative estimate of drug-likeness (QED) is 0.603. The third kappa shape index (κ3) is 1.65. The highest BCUT2D eigenvalue weighted by molar-refractivity contribution is 6.23. The summed E-state index contributed by atoms with van der Waals surface area (Å²) in [7, 11) is 0. The predicted octanol–water partition coefficient (Wildman–Crippen LogP) is 1.18. The van der Waals surface area contributed by atoms with Crippen LogP contribution in [0.15, 0.2) is 36.4 Å². The lowest BCUT2D eigenvalue weighted by Crippen LogP contribution is -2.49. The topological polar surface area (TPSA) is 65.1 Å². The van der Waals surface area contributed by atoms with Crippen molar-refractivity contribution in [2.45, 2.75) is 24.9 Å². The van der Waals surface area contributed by atoms with E-state index >= 15 is 0 Å². The number of fused-ring (bicyclic) bond motifs is 5. The van der Waals surface area contributed by atoms with E-state index in [1.54, 1.807) is 6.07 Å². The molecule has 6 heteroatoms. The number of carbonyl (C=O) groups is 2. The van der Waals surface area contributed by atoms with E-state index in [1.807, 2.05) is 37.3 Å². The molecule has 0 radical (unpaired) electrons. The van der Waals surface area contributed by atoms with Crippen molar-refractivity contribution < 1.29 is 23.8 Å². The number of nitrogens with zero attached hydrogens (tertiary/aromatic N) is 1. The molecule has 6 nitrogen and oxygen atoms in total. The highest BCUT2D eigenvalue weighted by atomic mass is 16.7. The van der Waals surface area contributed by atoms with Crippen LogP contribution in [-0.2, 0) is 23.8 Å². The third-order valence-electron chi connectivity index (χ3n) is 5.33. The Labute approximate surface area is 139 Å². The van der Waals surface area contributed by atoms with Crippen molar-refractivity contribution in [2.75, 3.05) is 18.1 Å². The van der Waals surface area contributed by atoms with Gasteiger partial charge in [-0.15, -0.1) is 0 Å². The standard InChI is InChI=1S/C18H17NO5/c1-10-3-2-4-11(9-10)19-15(20)13-12-5-6-18(24-12,14(13)16(19)21)17-22-7-8-23-17/h2-6,9,12-14,17H,7-8H2,1H3/t12-,13+,14+,18-/m1/s1. The largest absolute Gasteiger partial charge is 0.357 e. The van der Waals surface area contributed by atoms with Gasteiger partial charge in [-0.25, -0.2) is 4.90 Å². The second kappa shape index (κ2) is 4.75. The third-order valence-corrected chi connectivity index (χ3v) is 5.33. The van der Waals surface area contributed by atoms with Gasteiger partial charge in [-0.05, 0) is 30.7 Å². The molecule has 4 aliphatic heterocycles. The van der Waals surface area contributed by atoms with Crippen LogP contribution < -0.4 is 4.90 Å². The van der Waals surface area contributed by atoms with Gasteiger partial charge in [0.25, 0.3) is 0 Å². The molecule has 0 saturated carbocycles. The Morgan fingerprint density at radius 2 is 1.96 bits per heavy atom. The van der Waals surface area contributed by atoms with E-state index in [2.05, 4.69) is 0 Å². The van der Waals surface area contributed by atoms with Gasteiger partial charge >= 0.3 is 0 Å². The lowest BCUT2D eigenvalue weighted by Gasteiger charge is -2.32. The number of aryl methyl sites for hydroxylation is 1. The van der Waals surface area contributed by atoms with E-state index in [1.165, 1.54) is 4.90 Å². The van der Waals surface area contributed by atoms with E-state index in [0.29, 0.717) is 18.9 Å². The van der Waals surface area contributed by atoms with Crippen molar-refractivity contribution in [3.05, 3.63) is 42.0 Å². The maximum atomic E-state index is 13.1. The SMILES string of the molecule is Cc1cccc(N2C(=O)[C@@H]3[C@@H](C2=O)[C@@]2(C4OCCO4)C=C[C@H]3O2)c1. The van der Waals surface area contributed by atoms with Crippen LogP contribution in [0.3, 0.4) is 0 Å². The van der Waals surface area contributed by atoms with Crippen LogP contribution >= 0.6 is 0 Å². The minimum atomic E-state index is -0.989. The molecule has 0 spiro atoms. The molecule has 4 heterocycles. The van der Waals surface area contributed by atoms with Crippen molar-refractivity contribution in [3.8, 4) is 0 Å². The van der Waals surface area contributed by atoms with Gasteiger partial charge in [0.1, 0.15) is 0 Å². The summed E-state index contributed by atoms with van der Waals surface area (Å²) in [4.78, 5) is 27.4. The minimum Gasteiger partial charge on any atom is -0.357 e.